The highest BCUT2D eigenvalue weighted by Gasteiger charge is 2.32. The van der Waals surface area contributed by atoms with E-state index in [-0.39, 0.29) is 16.7 Å². The number of carbonyl (C=O) groups excluding carboxylic acids is 1. The van der Waals surface area contributed by atoms with Gasteiger partial charge < -0.3 is 9.64 Å². The summed E-state index contributed by atoms with van der Waals surface area (Å²) in [6.07, 6.45) is 3.57. The average Bonchev–Trinajstić information content (AvgIpc) is 3.11. The number of aromatic nitrogens is 1. The van der Waals surface area contributed by atoms with Crippen molar-refractivity contribution in [3.8, 4) is 11.5 Å². The molecule has 4 rings (SSSR count). The fourth-order valence-corrected chi connectivity index (χ4v) is 4.05. The van der Waals surface area contributed by atoms with Crippen molar-refractivity contribution >= 4 is 33.2 Å². The van der Waals surface area contributed by atoms with Crippen LogP contribution >= 0.6 is 11.6 Å². The second-order valence-corrected chi connectivity index (χ2v) is 8.89. The van der Waals surface area contributed by atoms with Crippen LogP contribution in [0.4, 0.5) is 5.69 Å². The lowest BCUT2D eigenvalue weighted by molar-refractivity contribution is -0.117. The van der Waals surface area contributed by atoms with Gasteiger partial charge in [-0.1, -0.05) is 17.7 Å². The number of nitrogens with two attached hydrogens (primary N) is 1. The molecule has 1 aromatic heterocycles. The molecule has 9 heteroatoms. The lowest BCUT2D eigenvalue weighted by atomic mass is 9.98. The van der Waals surface area contributed by atoms with Gasteiger partial charge in [0.25, 0.3) is 0 Å². The number of nitrogens with zero attached hydrogens (tertiary/aromatic N) is 2. The number of hydrogen-bond donors (Lipinski definition) is 1. The summed E-state index contributed by atoms with van der Waals surface area (Å²) in [6, 6.07) is 15.0. The van der Waals surface area contributed by atoms with Gasteiger partial charge in [0.15, 0.2) is 0 Å². The molecular formula is C21H18ClN3O4S. The third kappa shape index (κ3) is 4.30. The maximum Gasteiger partial charge on any atom is 0.238 e. The molecular weight excluding hydrogens is 426 g/mol. The summed E-state index contributed by atoms with van der Waals surface area (Å²) in [4.78, 5) is 18.3. The zero-order valence-electron chi connectivity index (χ0n) is 15.7. The Kier molecular flexibility index (Phi) is 5.46. The average molecular weight is 444 g/mol. The lowest BCUT2D eigenvalue weighted by Crippen LogP contribution is -2.24. The fourth-order valence-electron chi connectivity index (χ4n) is 3.38. The first-order valence-corrected chi connectivity index (χ1v) is 11.0. The molecule has 154 valence electrons. The number of carbonyl (C=O) groups is 1. The quantitative estimate of drug-likeness (QED) is 0.647. The SMILES string of the molecule is NS(=O)(=O)c1ccc(N2C[C@@H](c3ccc(Cl)c(Oc4cccnc4)c3)CC2=O)cc1. The van der Waals surface area contributed by atoms with E-state index in [4.69, 9.17) is 21.5 Å². The molecule has 2 N–H and O–H groups in total. The van der Waals surface area contributed by atoms with E-state index in [1.165, 1.54) is 12.1 Å². The van der Waals surface area contributed by atoms with Crippen molar-refractivity contribution in [1.29, 1.82) is 0 Å². The number of hydrogen-bond acceptors (Lipinski definition) is 5. The summed E-state index contributed by atoms with van der Waals surface area (Å²) >= 11 is 6.28. The molecule has 1 atom stereocenters. The van der Waals surface area contributed by atoms with Gasteiger partial charge in [0.2, 0.25) is 15.9 Å². The number of rotatable bonds is 5. The van der Waals surface area contributed by atoms with Gasteiger partial charge in [-0.05, 0) is 54.1 Å². The summed E-state index contributed by atoms with van der Waals surface area (Å²) in [7, 11) is -3.78. The minimum Gasteiger partial charge on any atom is -0.454 e. The maximum atomic E-state index is 12.6. The number of amides is 1. The van der Waals surface area contributed by atoms with E-state index >= 15 is 0 Å². The van der Waals surface area contributed by atoms with Crippen LogP contribution < -0.4 is 14.8 Å². The summed E-state index contributed by atoms with van der Waals surface area (Å²) in [5, 5.41) is 5.59. The highest BCUT2D eigenvalue weighted by atomic mass is 35.5. The van der Waals surface area contributed by atoms with Crippen molar-refractivity contribution < 1.29 is 17.9 Å². The van der Waals surface area contributed by atoms with Crippen LogP contribution in [0.15, 0.2) is 71.9 Å². The van der Waals surface area contributed by atoms with Gasteiger partial charge in [-0.2, -0.15) is 0 Å². The van der Waals surface area contributed by atoms with E-state index < -0.39 is 10.0 Å². The van der Waals surface area contributed by atoms with Gasteiger partial charge in [-0.25, -0.2) is 13.6 Å². The standard InChI is InChI=1S/C21H18ClN3O4S/c22-19-8-3-14(10-20(19)29-17-2-1-9-24-12-17)15-11-21(26)25(13-15)16-4-6-18(7-5-16)30(23,27)28/h1-10,12,15H,11,13H2,(H2,23,27,28)/t15-/m0/s1. The van der Waals surface area contributed by atoms with Crippen molar-refractivity contribution in [2.75, 3.05) is 11.4 Å². The maximum absolute atomic E-state index is 12.6. The molecule has 0 bridgehead atoms. The molecule has 30 heavy (non-hydrogen) atoms. The highest BCUT2D eigenvalue weighted by molar-refractivity contribution is 7.89. The predicted molar refractivity (Wildman–Crippen MR) is 113 cm³/mol. The Morgan fingerprint density at radius 3 is 2.57 bits per heavy atom. The van der Waals surface area contributed by atoms with Crippen LogP contribution in [0.5, 0.6) is 11.5 Å². The van der Waals surface area contributed by atoms with Crippen LogP contribution in [0.25, 0.3) is 0 Å². The van der Waals surface area contributed by atoms with Crippen LogP contribution in [0.2, 0.25) is 5.02 Å². The molecule has 0 spiro atoms. The largest absolute Gasteiger partial charge is 0.454 e. The Labute approximate surface area is 179 Å². The van der Waals surface area contributed by atoms with E-state index in [1.807, 2.05) is 12.1 Å². The molecule has 1 saturated heterocycles. The molecule has 7 nitrogen and oxygen atoms in total. The van der Waals surface area contributed by atoms with Crippen molar-refractivity contribution in [2.24, 2.45) is 5.14 Å². The molecule has 0 aliphatic carbocycles. The second kappa shape index (κ2) is 8.06. The van der Waals surface area contributed by atoms with Crippen molar-refractivity contribution in [2.45, 2.75) is 17.2 Å². The number of pyridine rings is 1. The lowest BCUT2D eigenvalue weighted by Gasteiger charge is -2.18. The molecule has 3 aromatic rings. The first-order valence-electron chi connectivity index (χ1n) is 9.12. The molecule has 0 radical (unpaired) electrons. The predicted octanol–water partition coefficient (Wildman–Crippen LogP) is 3.70. The van der Waals surface area contributed by atoms with E-state index in [0.29, 0.717) is 35.2 Å². The van der Waals surface area contributed by atoms with E-state index in [2.05, 4.69) is 4.98 Å². The number of benzene rings is 2. The molecule has 1 aliphatic rings. The number of primary sulfonamides is 1. The van der Waals surface area contributed by atoms with Crippen LogP contribution in [0.1, 0.15) is 17.9 Å². The molecule has 1 fully saturated rings. The van der Waals surface area contributed by atoms with Crippen molar-refractivity contribution in [3.05, 3.63) is 77.6 Å². The van der Waals surface area contributed by atoms with Crippen molar-refractivity contribution in [1.82, 2.24) is 4.98 Å². The third-order valence-corrected chi connectivity index (χ3v) is 6.13. The van der Waals surface area contributed by atoms with Gasteiger partial charge >= 0.3 is 0 Å². The molecule has 1 amide bonds. The van der Waals surface area contributed by atoms with E-state index in [1.54, 1.807) is 47.6 Å². The zero-order chi connectivity index (χ0) is 21.3. The number of halogens is 1. The van der Waals surface area contributed by atoms with Crippen LogP contribution in [0, 0.1) is 0 Å². The number of anilines is 1. The summed E-state index contributed by atoms with van der Waals surface area (Å²) < 4.78 is 28.7. The van der Waals surface area contributed by atoms with E-state index in [0.717, 1.165) is 5.56 Å². The third-order valence-electron chi connectivity index (χ3n) is 4.89. The minimum atomic E-state index is -3.78. The monoisotopic (exact) mass is 443 g/mol. The van der Waals surface area contributed by atoms with Crippen LogP contribution in [-0.2, 0) is 14.8 Å². The Morgan fingerprint density at radius 2 is 1.90 bits per heavy atom. The van der Waals surface area contributed by atoms with Crippen molar-refractivity contribution in [3.63, 3.8) is 0 Å². The first-order chi connectivity index (χ1) is 14.3. The van der Waals surface area contributed by atoms with Crippen LogP contribution in [0.3, 0.4) is 0 Å². The van der Waals surface area contributed by atoms with Gasteiger partial charge in [-0.3, -0.25) is 9.78 Å². The minimum absolute atomic E-state index is 0.00402. The Hall–Kier alpha value is -2.94. The molecule has 0 saturated carbocycles. The Balaban J connectivity index is 1.55. The smallest absolute Gasteiger partial charge is 0.238 e. The summed E-state index contributed by atoms with van der Waals surface area (Å²) in [6.45, 7) is 0.460. The first kappa shape index (κ1) is 20.3. The summed E-state index contributed by atoms with van der Waals surface area (Å²) in [5.41, 5.74) is 1.55. The van der Waals surface area contributed by atoms with Gasteiger partial charge in [0.05, 0.1) is 16.1 Å². The molecule has 2 heterocycles. The summed E-state index contributed by atoms with van der Waals surface area (Å²) in [5.74, 6) is 0.957. The van der Waals surface area contributed by atoms with E-state index in [9.17, 15) is 13.2 Å². The normalized spacial score (nSPS) is 16.7. The molecule has 1 aliphatic heterocycles. The van der Waals surface area contributed by atoms with Crippen LogP contribution in [-0.4, -0.2) is 25.9 Å². The second-order valence-electron chi connectivity index (χ2n) is 6.92. The molecule has 2 aromatic carbocycles. The van der Waals surface area contributed by atoms with Gasteiger partial charge in [0, 0.05) is 30.8 Å². The Morgan fingerprint density at radius 1 is 1.13 bits per heavy atom. The number of ether oxygens (including phenoxy) is 1. The topological polar surface area (TPSA) is 103 Å². The fraction of sp³-hybridized carbons (Fsp3) is 0.143. The Bertz CT molecular complexity index is 1180. The highest BCUT2D eigenvalue weighted by Crippen LogP contribution is 2.37. The van der Waals surface area contributed by atoms with Gasteiger partial charge in [0.1, 0.15) is 11.5 Å². The zero-order valence-corrected chi connectivity index (χ0v) is 17.3. The van der Waals surface area contributed by atoms with Gasteiger partial charge in [-0.15, -0.1) is 0 Å². The molecule has 0 unspecified atom stereocenters. The number of sulfonamides is 1.